The van der Waals surface area contributed by atoms with E-state index in [0.29, 0.717) is 10.6 Å². The molecule has 0 bridgehead atoms. The van der Waals surface area contributed by atoms with Gasteiger partial charge < -0.3 is 0 Å². The molecule has 0 aromatic heterocycles. The molecule has 12 heavy (non-hydrogen) atoms. The zero-order valence-electron chi connectivity index (χ0n) is 6.18. The van der Waals surface area contributed by atoms with Crippen LogP contribution in [0.3, 0.4) is 0 Å². The van der Waals surface area contributed by atoms with Crippen LogP contribution >= 0.6 is 11.8 Å². The topological polar surface area (TPSA) is 0 Å². The standard InChI is InChI=1S/C9H6F2S/c1-2-5-12-9-4-3-7(10)6-8(9)11/h1,3-4,6H,5H2. The van der Waals surface area contributed by atoms with Gasteiger partial charge >= 0.3 is 0 Å². The fourth-order valence-corrected chi connectivity index (χ4v) is 1.31. The van der Waals surface area contributed by atoms with Gasteiger partial charge in [-0.2, -0.15) is 0 Å². The van der Waals surface area contributed by atoms with Gasteiger partial charge in [0.1, 0.15) is 11.6 Å². The van der Waals surface area contributed by atoms with Gasteiger partial charge in [-0.15, -0.1) is 18.2 Å². The van der Waals surface area contributed by atoms with Gasteiger partial charge in [-0.3, -0.25) is 0 Å². The van der Waals surface area contributed by atoms with Gasteiger partial charge in [0.05, 0.1) is 5.75 Å². The largest absolute Gasteiger partial charge is 0.207 e. The lowest BCUT2D eigenvalue weighted by Crippen LogP contribution is -1.83. The first-order chi connectivity index (χ1) is 5.74. The van der Waals surface area contributed by atoms with Crippen LogP contribution in [0.4, 0.5) is 8.78 Å². The molecule has 0 saturated carbocycles. The SMILES string of the molecule is C#CCSc1ccc(F)cc1F. The normalized spacial score (nSPS) is 9.42. The van der Waals surface area contributed by atoms with Crippen molar-refractivity contribution in [2.45, 2.75) is 4.90 Å². The van der Waals surface area contributed by atoms with Crippen LogP contribution in [-0.4, -0.2) is 5.75 Å². The van der Waals surface area contributed by atoms with E-state index in [4.69, 9.17) is 6.42 Å². The van der Waals surface area contributed by atoms with E-state index < -0.39 is 11.6 Å². The Morgan fingerprint density at radius 3 is 2.75 bits per heavy atom. The molecule has 0 radical (unpaired) electrons. The van der Waals surface area contributed by atoms with E-state index in [9.17, 15) is 8.78 Å². The smallest absolute Gasteiger partial charge is 0.139 e. The molecule has 0 spiro atoms. The summed E-state index contributed by atoms with van der Waals surface area (Å²) in [7, 11) is 0. The predicted octanol–water partition coefficient (Wildman–Crippen LogP) is 2.69. The summed E-state index contributed by atoms with van der Waals surface area (Å²) in [4.78, 5) is 0.384. The van der Waals surface area contributed by atoms with Crippen molar-refractivity contribution in [3.8, 4) is 12.3 Å². The molecule has 0 aliphatic heterocycles. The maximum Gasteiger partial charge on any atom is 0.139 e. The van der Waals surface area contributed by atoms with Crippen LogP contribution in [0.1, 0.15) is 0 Å². The van der Waals surface area contributed by atoms with Gasteiger partial charge in [0.2, 0.25) is 0 Å². The average molecular weight is 184 g/mol. The van der Waals surface area contributed by atoms with Crippen molar-refractivity contribution >= 4 is 11.8 Å². The highest BCUT2D eigenvalue weighted by Crippen LogP contribution is 2.21. The summed E-state index contributed by atoms with van der Waals surface area (Å²) in [6, 6.07) is 3.44. The third-order valence-electron chi connectivity index (χ3n) is 1.20. The van der Waals surface area contributed by atoms with E-state index >= 15 is 0 Å². The van der Waals surface area contributed by atoms with Crippen molar-refractivity contribution in [2.24, 2.45) is 0 Å². The Bertz CT molecular complexity index is 315. The molecule has 0 nitrogen and oxygen atoms in total. The van der Waals surface area contributed by atoms with Crippen LogP contribution in [-0.2, 0) is 0 Å². The molecular formula is C9H6F2S. The number of thioether (sulfide) groups is 1. The van der Waals surface area contributed by atoms with Gasteiger partial charge in [0, 0.05) is 11.0 Å². The summed E-state index contributed by atoms with van der Waals surface area (Å²) in [5, 5.41) is 0. The van der Waals surface area contributed by atoms with Crippen LogP contribution in [0, 0.1) is 24.0 Å². The van der Waals surface area contributed by atoms with E-state index in [-0.39, 0.29) is 0 Å². The van der Waals surface area contributed by atoms with Crippen molar-refractivity contribution in [2.75, 3.05) is 5.75 Å². The Morgan fingerprint density at radius 2 is 2.17 bits per heavy atom. The molecule has 0 aliphatic rings. The second-order valence-electron chi connectivity index (χ2n) is 2.07. The monoisotopic (exact) mass is 184 g/mol. The van der Waals surface area contributed by atoms with Crippen molar-refractivity contribution in [1.82, 2.24) is 0 Å². The fourth-order valence-electron chi connectivity index (χ4n) is 0.712. The first-order valence-corrected chi connectivity index (χ1v) is 4.24. The number of terminal acetylenes is 1. The molecule has 0 atom stereocenters. The summed E-state index contributed by atoms with van der Waals surface area (Å²) >= 11 is 1.18. The van der Waals surface area contributed by atoms with Crippen LogP contribution < -0.4 is 0 Å². The van der Waals surface area contributed by atoms with Crippen molar-refractivity contribution in [1.29, 1.82) is 0 Å². The summed E-state index contributed by atoms with van der Waals surface area (Å²) in [6.45, 7) is 0. The minimum absolute atomic E-state index is 0.384. The molecule has 3 heteroatoms. The summed E-state index contributed by atoms with van der Waals surface area (Å²) < 4.78 is 25.2. The minimum atomic E-state index is -0.572. The quantitative estimate of drug-likeness (QED) is 0.503. The lowest BCUT2D eigenvalue weighted by Gasteiger charge is -1.98. The number of hydrogen-bond acceptors (Lipinski definition) is 1. The average Bonchev–Trinajstić information content (AvgIpc) is 2.03. The molecule has 1 aromatic rings. The van der Waals surface area contributed by atoms with Crippen LogP contribution in [0.5, 0.6) is 0 Å². The van der Waals surface area contributed by atoms with Gasteiger partial charge in [-0.1, -0.05) is 5.92 Å². The Balaban J connectivity index is 2.81. The summed E-state index contributed by atoms with van der Waals surface area (Å²) in [6.07, 6.45) is 4.99. The van der Waals surface area contributed by atoms with E-state index in [1.807, 2.05) is 0 Å². The molecule has 0 aliphatic carbocycles. The van der Waals surface area contributed by atoms with Crippen LogP contribution in [0.15, 0.2) is 23.1 Å². The number of rotatable bonds is 2. The second kappa shape index (κ2) is 4.13. The molecule has 0 heterocycles. The zero-order valence-corrected chi connectivity index (χ0v) is 7.00. The van der Waals surface area contributed by atoms with Crippen LogP contribution in [0.2, 0.25) is 0 Å². The summed E-state index contributed by atoms with van der Waals surface area (Å²) in [5.41, 5.74) is 0. The maximum atomic E-state index is 12.8. The molecule has 0 amide bonds. The predicted molar refractivity (Wildman–Crippen MR) is 45.9 cm³/mol. The zero-order chi connectivity index (χ0) is 8.97. The Morgan fingerprint density at radius 1 is 1.42 bits per heavy atom. The first-order valence-electron chi connectivity index (χ1n) is 3.25. The lowest BCUT2D eigenvalue weighted by atomic mass is 10.3. The van der Waals surface area contributed by atoms with Gasteiger partial charge in [0.25, 0.3) is 0 Å². The fraction of sp³-hybridized carbons (Fsp3) is 0.111. The Labute approximate surface area is 74.0 Å². The molecule has 62 valence electrons. The Kier molecular flexibility index (Phi) is 3.12. The number of benzene rings is 1. The van der Waals surface area contributed by atoms with Crippen molar-refractivity contribution < 1.29 is 8.78 Å². The van der Waals surface area contributed by atoms with Crippen LogP contribution in [0.25, 0.3) is 0 Å². The van der Waals surface area contributed by atoms with Gasteiger partial charge in [-0.05, 0) is 12.1 Å². The molecule has 0 saturated heterocycles. The van der Waals surface area contributed by atoms with Gasteiger partial charge in [0.15, 0.2) is 0 Å². The third-order valence-corrected chi connectivity index (χ3v) is 2.16. The highest BCUT2D eigenvalue weighted by molar-refractivity contribution is 7.99. The minimum Gasteiger partial charge on any atom is -0.207 e. The van der Waals surface area contributed by atoms with Gasteiger partial charge in [-0.25, -0.2) is 8.78 Å². The second-order valence-corrected chi connectivity index (χ2v) is 3.08. The molecule has 0 unspecified atom stereocenters. The van der Waals surface area contributed by atoms with Crippen molar-refractivity contribution in [3.63, 3.8) is 0 Å². The van der Waals surface area contributed by atoms with E-state index in [1.54, 1.807) is 0 Å². The maximum absolute atomic E-state index is 12.8. The van der Waals surface area contributed by atoms with E-state index in [1.165, 1.54) is 23.9 Å². The highest BCUT2D eigenvalue weighted by atomic mass is 32.2. The Hall–Kier alpha value is -1.01. The van der Waals surface area contributed by atoms with E-state index in [2.05, 4.69) is 5.92 Å². The van der Waals surface area contributed by atoms with Crippen molar-refractivity contribution in [3.05, 3.63) is 29.8 Å². The molecule has 1 rings (SSSR count). The number of hydrogen-bond donors (Lipinski definition) is 0. The molecule has 0 N–H and O–H groups in total. The highest BCUT2D eigenvalue weighted by Gasteiger charge is 2.02. The molecule has 0 fully saturated rings. The first kappa shape index (κ1) is 9.08. The third kappa shape index (κ3) is 2.24. The number of halogens is 2. The summed E-state index contributed by atoms with van der Waals surface area (Å²) in [5.74, 6) is 1.62. The molecular weight excluding hydrogens is 178 g/mol. The molecule has 1 aromatic carbocycles. The van der Waals surface area contributed by atoms with E-state index in [0.717, 1.165) is 6.07 Å². The lowest BCUT2D eigenvalue weighted by molar-refractivity contribution is 0.566.